The largest absolute Gasteiger partial charge is 0.497 e. The molecule has 1 aliphatic carbocycles. The molecule has 94 valence electrons. The topological polar surface area (TPSA) is 21.3 Å². The summed E-state index contributed by atoms with van der Waals surface area (Å²) in [5, 5.41) is 3.66. The Morgan fingerprint density at radius 2 is 2.12 bits per heavy atom. The molecule has 0 aliphatic heterocycles. The summed E-state index contributed by atoms with van der Waals surface area (Å²) in [6, 6.07) is 9.30. The maximum Gasteiger partial charge on any atom is 0.119 e. The fourth-order valence-corrected chi connectivity index (χ4v) is 2.36. The van der Waals surface area contributed by atoms with Crippen molar-refractivity contribution in [3.05, 3.63) is 29.8 Å². The first-order chi connectivity index (χ1) is 8.19. The van der Waals surface area contributed by atoms with Gasteiger partial charge in [-0.2, -0.15) is 0 Å². The van der Waals surface area contributed by atoms with Crippen molar-refractivity contribution in [2.75, 3.05) is 7.11 Å². The van der Waals surface area contributed by atoms with Gasteiger partial charge in [0.15, 0.2) is 0 Å². The predicted molar refractivity (Wildman–Crippen MR) is 71.3 cm³/mol. The van der Waals surface area contributed by atoms with Crippen molar-refractivity contribution in [2.45, 2.75) is 45.2 Å². The van der Waals surface area contributed by atoms with Crippen LogP contribution in [0.15, 0.2) is 24.3 Å². The molecule has 0 heterocycles. The van der Waals surface area contributed by atoms with Gasteiger partial charge in [0.25, 0.3) is 0 Å². The molecular weight excluding hydrogens is 210 g/mol. The lowest BCUT2D eigenvalue weighted by atomic mass is 10.1. The molecule has 2 heteroatoms. The Balaban J connectivity index is 1.90. The van der Waals surface area contributed by atoms with E-state index in [1.54, 1.807) is 7.11 Å². The Labute approximate surface area is 104 Å². The third-order valence-electron chi connectivity index (χ3n) is 3.51. The number of hydrogen-bond acceptors (Lipinski definition) is 2. The second kappa shape index (κ2) is 5.54. The van der Waals surface area contributed by atoms with Crippen molar-refractivity contribution >= 4 is 0 Å². The summed E-state index contributed by atoms with van der Waals surface area (Å²) in [7, 11) is 1.72. The van der Waals surface area contributed by atoms with Crippen LogP contribution in [0.25, 0.3) is 0 Å². The molecule has 0 spiro atoms. The molecule has 1 aromatic carbocycles. The molecule has 0 aromatic heterocycles. The molecule has 17 heavy (non-hydrogen) atoms. The Hall–Kier alpha value is -1.02. The zero-order valence-corrected chi connectivity index (χ0v) is 11.1. The van der Waals surface area contributed by atoms with E-state index in [1.165, 1.54) is 24.8 Å². The van der Waals surface area contributed by atoms with Crippen molar-refractivity contribution in [3.63, 3.8) is 0 Å². The molecule has 2 rings (SSSR count). The summed E-state index contributed by atoms with van der Waals surface area (Å²) in [6.45, 7) is 4.51. The zero-order chi connectivity index (χ0) is 12.3. The molecular formula is C15H23NO. The first kappa shape index (κ1) is 12.4. The third-order valence-corrected chi connectivity index (χ3v) is 3.51. The van der Waals surface area contributed by atoms with Gasteiger partial charge in [-0.25, -0.2) is 0 Å². The summed E-state index contributed by atoms with van der Waals surface area (Å²) in [4.78, 5) is 0. The van der Waals surface area contributed by atoms with Crippen molar-refractivity contribution in [3.8, 4) is 5.75 Å². The smallest absolute Gasteiger partial charge is 0.119 e. The monoisotopic (exact) mass is 233 g/mol. The highest BCUT2D eigenvalue weighted by molar-refractivity contribution is 5.30. The van der Waals surface area contributed by atoms with Crippen LogP contribution in [-0.4, -0.2) is 13.2 Å². The highest BCUT2D eigenvalue weighted by Crippen LogP contribution is 2.33. The van der Waals surface area contributed by atoms with Gasteiger partial charge < -0.3 is 10.1 Å². The number of benzene rings is 1. The molecule has 1 N–H and O–H groups in total. The van der Waals surface area contributed by atoms with Gasteiger partial charge in [-0.15, -0.1) is 0 Å². The number of ether oxygens (including phenoxy) is 1. The number of nitrogens with one attached hydrogen (secondary N) is 1. The molecule has 0 radical (unpaired) electrons. The maximum atomic E-state index is 5.26. The van der Waals surface area contributed by atoms with Crippen LogP contribution in [0.1, 0.15) is 44.7 Å². The normalized spacial score (nSPS) is 18.8. The number of hydrogen-bond donors (Lipinski definition) is 1. The molecule has 2 atom stereocenters. The highest BCUT2D eigenvalue weighted by atomic mass is 16.5. The van der Waals surface area contributed by atoms with E-state index in [4.69, 9.17) is 4.74 Å². The molecule has 1 aliphatic rings. The molecule has 2 nitrogen and oxygen atoms in total. The Morgan fingerprint density at radius 3 is 2.76 bits per heavy atom. The van der Waals surface area contributed by atoms with Crippen molar-refractivity contribution in [1.82, 2.24) is 5.32 Å². The van der Waals surface area contributed by atoms with Crippen molar-refractivity contribution < 1.29 is 4.74 Å². The van der Waals surface area contributed by atoms with Gasteiger partial charge in [0.1, 0.15) is 5.75 Å². The lowest BCUT2D eigenvalue weighted by Crippen LogP contribution is -2.29. The lowest BCUT2D eigenvalue weighted by molar-refractivity contribution is 0.410. The molecule has 1 saturated carbocycles. The summed E-state index contributed by atoms with van der Waals surface area (Å²) in [5.74, 6) is 1.92. The van der Waals surface area contributed by atoms with Crippen molar-refractivity contribution in [1.29, 1.82) is 0 Å². The van der Waals surface area contributed by atoms with E-state index < -0.39 is 0 Å². The fraction of sp³-hybridized carbons (Fsp3) is 0.600. The average Bonchev–Trinajstić information content (AvgIpc) is 3.12. The minimum atomic E-state index is 0.388. The molecule has 0 bridgehead atoms. The van der Waals surface area contributed by atoms with Gasteiger partial charge in [-0.3, -0.25) is 0 Å². The SMILES string of the molecule is COc1cccc([C@@H](C)NC(C)CC2CC2)c1. The number of methoxy groups -OCH3 is 1. The molecule has 1 aromatic rings. The number of rotatable bonds is 6. The van der Waals surface area contributed by atoms with Crippen LogP contribution >= 0.6 is 0 Å². The highest BCUT2D eigenvalue weighted by Gasteiger charge is 2.24. The summed E-state index contributed by atoms with van der Waals surface area (Å²) >= 11 is 0. The van der Waals surface area contributed by atoms with E-state index in [9.17, 15) is 0 Å². The van der Waals surface area contributed by atoms with Gasteiger partial charge in [-0.1, -0.05) is 25.0 Å². The van der Waals surface area contributed by atoms with E-state index in [0.29, 0.717) is 12.1 Å². The fourth-order valence-electron chi connectivity index (χ4n) is 2.36. The van der Waals surface area contributed by atoms with E-state index in [0.717, 1.165) is 11.7 Å². The van der Waals surface area contributed by atoms with Crippen LogP contribution in [0.2, 0.25) is 0 Å². The summed E-state index contributed by atoms with van der Waals surface area (Å²) in [5.41, 5.74) is 1.30. The molecule has 1 fully saturated rings. The van der Waals surface area contributed by atoms with Crippen molar-refractivity contribution in [2.24, 2.45) is 5.92 Å². The summed E-state index contributed by atoms with van der Waals surface area (Å²) in [6.07, 6.45) is 4.17. The van der Waals surface area contributed by atoms with Crippen LogP contribution in [0.5, 0.6) is 5.75 Å². The quantitative estimate of drug-likeness (QED) is 0.811. The molecule has 1 unspecified atom stereocenters. The van der Waals surface area contributed by atoms with Gasteiger partial charge in [0, 0.05) is 12.1 Å². The van der Waals surface area contributed by atoms with E-state index >= 15 is 0 Å². The van der Waals surface area contributed by atoms with E-state index in [2.05, 4.69) is 37.4 Å². The van der Waals surface area contributed by atoms with Gasteiger partial charge in [0.2, 0.25) is 0 Å². The maximum absolute atomic E-state index is 5.26. The van der Waals surface area contributed by atoms with Gasteiger partial charge in [-0.05, 0) is 43.9 Å². The van der Waals surface area contributed by atoms with Gasteiger partial charge in [0.05, 0.1) is 7.11 Å². The van der Waals surface area contributed by atoms with E-state index in [-0.39, 0.29) is 0 Å². The summed E-state index contributed by atoms with van der Waals surface area (Å²) < 4.78 is 5.26. The van der Waals surface area contributed by atoms with Crippen LogP contribution in [0, 0.1) is 5.92 Å². The minimum Gasteiger partial charge on any atom is -0.497 e. The van der Waals surface area contributed by atoms with E-state index in [1.807, 2.05) is 6.07 Å². The van der Waals surface area contributed by atoms with Crippen LogP contribution in [0.4, 0.5) is 0 Å². The van der Waals surface area contributed by atoms with Crippen LogP contribution < -0.4 is 10.1 Å². The average molecular weight is 233 g/mol. The Bertz CT molecular complexity index is 360. The van der Waals surface area contributed by atoms with Crippen LogP contribution in [-0.2, 0) is 0 Å². The van der Waals surface area contributed by atoms with Gasteiger partial charge >= 0.3 is 0 Å². The Kier molecular flexibility index (Phi) is 4.06. The minimum absolute atomic E-state index is 0.388. The first-order valence-electron chi connectivity index (χ1n) is 6.59. The zero-order valence-electron chi connectivity index (χ0n) is 11.1. The third kappa shape index (κ3) is 3.74. The second-order valence-corrected chi connectivity index (χ2v) is 5.25. The second-order valence-electron chi connectivity index (χ2n) is 5.25. The van der Waals surface area contributed by atoms with Crippen LogP contribution in [0.3, 0.4) is 0 Å². The molecule has 0 amide bonds. The molecule has 0 saturated heterocycles. The first-order valence-corrected chi connectivity index (χ1v) is 6.59. The predicted octanol–water partition coefficient (Wildman–Crippen LogP) is 3.53. The lowest BCUT2D eigenvalue weighted by Gasteiger charge is -2.20. The Morgan fingerprint density at radius 1 is 1.35 bits per heavy atom. The standard InChI is InChI=1S/C15H23NO/c1-11(9-13-7-8-13)16-12(2)14-5-4-6-15(10-14)17-3/h4-6,10-13,16H,7-9H2,1-3H3/t11?,12-/m1/s1.